The van der Waals surface area contributed by atoms with Crippen LogP contribution in [0.2, 0.25) is 0 Å². The first-order valence-corrected chi connectivity index (χ1v) is 9.57. The van der Waals surface area contributed by atoms with Gasteiger partial charge in [0.05, 0.1) is 26.8 Å². The number of aromatic nitrogens is 2. The Balaban J connectivity index is 1.78. The van der Waals surface area contributed by atoms with E-state index in [9.17, 15) is 0 Å². The molecule has 1 aliphatic heterocycles. The van der Waals surface area contributed by atoms with Crippen molar-refractivity contribution < 1.29 is 9.47 Å². The predicted molar refractivity (Wildman–Crippen MR) is 103 cm³/mol. The normalized spacial score (nSPS) is 17.1. The molecular weight excluding hydrogens is 346 g/mol. The molecule has 4 rings (SSSR count). The van der Waals surface area contributed by atoms with Crippen molar-refractivity contribution in [1.82, 2.24) is 14.5 Å². The molecule has 1 atom stereocenters. The van der Waals surface area contributed by atoms with Crippen molar-refractivity contribution >= 4 is 11.3 Å². The van der Waals surface area contributed by atoms with Gasteiger partial charge in [0, 0.05) is 30.9 Å². The molecule has 3 heterocycles. The van der Waals surface area contributed by atoms with Gasteiger partial charge in [-0.1, -0.05) is 6.07 Å². The molecule has 2 aromatic heterocycles. The van der Waals surface area contributed by atoms with E-state index in [0.29, 0.717) is 0 Å². The van der Waals surface area contributed by atoms with Gasteiger partial charge >= 0.3 is 0 Å². The van der Waals surface area contributed by atoms with Crippen LogP contribution in [0, 0.1) is 0 Å². The minimum atomic E-state index is 0.204. The molecule has 136 valence electrons. The Bertz CT molecular complexity index is 889. The fraction of sp³-hybridized carbons (Fsp3) is 0.350. The van der Waals surface area contributed by atoms with Gasteiger partial charge in [0.25, 0.3) is 0 Å². The van der Waals surface area contributed by atoms with E-state index in [1.165, 1.54) is 16.0 Å². The summed E-state index contributed by atoms with van der Waals surface area (Å²) in [5, 5.41) is 2.14. The zero-order valence-electron chi connectivity index (χ0n) is 15.3. The SMILES string of the molecule is COc1cc2c(cc1OC)C(c1cccs1)N(Cc1nccn1C)CC2. The lowest BCUT2D eigenvalue weighted by molar-refractivity contribution is 0.199. The largest absolute Gasteiger partial charge is 0.493 e. The highest BCUT2D eigenvalue weighted by atomic mass is 32.1. The Morgan fingerprint density at radius 3 is 2.69 bits per heavy atom. The Morgan fingerprint density at radius 1 is 1.23 bits per heavy atom. The van der Waals surface area contributed by atoms with Crippen molar-refractivity contribution in [1.29, 1.82) is 0 Å². The topological polar surface area (TPSA) is 39.5 Å². The molecule has 0 spiro atoms. The first kappa shape index (κ1) is 17.1. The first-order valence-electron chi connectivity index (χ1n) is 8.69. The van der Waals surface area contributed by atoms with Crippen molar-refractivity contribution in [3.63, 3.8) is 0 Å². The van der Waals surface area contributed by atoms with E-state index in [-0.39, 0.29) is 6.04 Å². The maximum atomic E-state index is 5.57. The second kappa shape index (κ2) is 7.13. The third-order valence-corrected chi connectivity index (χ3v) is 5.98. The molecule has 5 nitrogen and oxygen atoms in total. The van der Waals surface area contributed by atoms with Crippen LogP contribution in [-0.2, 0) is 20.0 Å². The van der Waals surface area contributed by atoms with Gasteiger partial charge in [-0.05, 0) is 41.1 Å². The van der Waals surface area contributed by atoms with Crippen LogP contribution in [0.15, 0.2) is 42.0 Å². The third kappa shape index (κ3) is 2.99. The van der Waals surface area contributed by atoms with E-state index in [1.54, 1.807) is 25.6 Å². The third-order valence-electron chi connectivity index (χ3n) is 5.05. The minimum absolute atomic E-state index is 0.204. The minimum Gasteiger partial charge on any atom is -0.493 e. The summed E-state index contributed by atoms with van der Waals surface area (Å²) in [6.07, 6.45) is 4.85. The molecule has 0 bridgehead atoms. The number of nitrogens with zero attached hydrogens (tertiary/aromatic N) is 3. The highest BCUT2D eigenvalue weighted by Crippen LogP contribution is 2.42. The van der Waals surface area contributed by atoms with Crippen LogP contribution < -0.4 is 9.47 Å². The summed E-state index contributed by atoms with van der Waals surface area (Å²) in [7, 11) is 5.43. The van der Waals surface area contributed by atoms with E-state index >= 15 is 0 Å². The molecule has 0 radical (unpaired) electrons. The van der Waals surface area contributed by atoms with Crippen LogP contribution in [0.1, 0.15) is 27.9 Å². The number of methoxy groups -OCH3 is 2. The van der Waals surface area contributed by atoms with Gasteiger partial charge in [-0.3, -0.25) is 4.90 Å². The van der Waals surface area contributed by atoms with Crippen LogP contribution in [0.4, 0.5) is 0 Å². The molecule has 1 unspecified atom stereocenters. The monoisotopic (exact) mass is 369 g/mol. The average molecular weight is 369 g/mol. The fourth-order valence-electron chi connectivity index (χ4n) is 3.68. The molecule has 0 aliphatic carbocycles. The van der Waals surface area contributed by atoms with Gasteiger partial charge in [-0.15, -0.1) is 11.3 Å². The highest BCUT2D eigenvalue weighted by Gasteiger charge is 2.31. The van der Waals surface area contributed by atoms with E-state index in [1.807, 2.05) is 19.4 Å². The van der Waals surface area contributed by atoms with Crippen LogP contribution >= 0.6 is 11.3 Å². The Morgan fingerprint density at radius 2 is 2.04 bits per heavy atom. The number of fused-ring (bicyclic) bond motifs is 1. The quantitative estimate of drug-likeness (QED) is 0.688. The van der Waals surface area contributed by atoms with Crippen LogP contribution in [0.3, 0.4) is 0 Å². The number of hydrogen-bond donors (Lipinski definition) is 0. The summed E-state index contributed by atoms with van der Waals surface area (Å²) < 4.78 is 13.2. The van der Waals surface area contributed by atoms with Gasteiger partial charge in [0.2, 0.25) is 0 Å². The van der Waals surface area contributed by atoms with Crippen LogP contribution in [-0.4, -0.2) is 35.2 Å². The smallest absolute Gasteiger partial charge is 0.161 e. The Kier molecular flexibility index (Phi) is 4.70. The molecule has 0 amide bonds. The molecule has 1 aliphatic rings. The number of aryl methyl sites for hydroxylation is 1. The van der Waals surface area contributed by atoms with E-state index in [2.05, 4.69) is 44.1 Å². The van der Waals surface area contributed by atoms with Gasteiger partial charge in [-0.2, -0.15) is 0 Å². The lowest BCUT2D eigenvalue weighted by Crippen LogP contribution is -2.36. The molecule has 0 N–H and O–H groups in total. The number of hydrogen-bond acceptors (Lipinski definition) is 5. The molecule has 6 heteroatoms. The van der Waals surface area contributed by atoms with Crippen molar-refractivity contribution in [2.24, 2.45) is 7.05 Å². The summed E-state index contributed by atoms with van der Waals surface area (Å²) in [6, 6.07) is 8.81. The van der Waals surface area contributed by atoms with Gasteiger partial charge in [0.1, 0.15) is 5.82 Å². The zero-order valence-corrected chi connectivity index (χ0v) is 16.1. The summed E-state index contributed by atoms with van der Waals surface area (Å²) >= 11 is 1.80. The van der Waals surface area contributed by atoms with E-state index < -0.39 is 0 Å². The van der Waals surface area contributed by atoms with Crippen LogP contribution in [0.25, 0.3) is 0 Å². The van der Waals surface area contributed by atoms with Crippen molar-refractivity contribution in [3.05, 3.63) is 63.9 Å². The number of benzene rings is 1. The molecule has 0 fully saturated rings. The average Bonchev–Trinajstić information content (AvgIpc) is 3.32. The lowest BCUT2D eigenvalue weighted by atomic mass is 9.91. The number of imidazole rings is 1. The maximum absolute atomic E-state index is 5.57. The molecule has 0 saturated carbocycles. The summed E-state index contributed by atoms with van der Waals surface area (Å²) in [4.78, 5) is 8.37. The maximum Gasteiger partial charge on any atom is 0.161 e. The van der Waals surface area contributed by atoms with Crippen LogP contribution in [0.5, 0.6) is 11.5 Å². The Labute approximate surface area is 157 Å². The summed E-state index contributed by atoms with van der Waals surface area (Å²) in [6.45, 7) is 1.80. The van der Waals surface area contributed by atoms with Crippen molar-refractivity contribution in [2.75, 3.05) is 20.8 Å². The van der Waals surface area contributed by atoms with Crippen molar-refractivity contribution in [3.8, 4) is 11.5 Å². The second-order valence-corrected chi connectivity index (χ2v) is 7.48. The standard InChI is InChI=1S/C20H23N3O2S/c1-22-9-7-21-19(22)13-23-8-6-14-11-16(24-2)17(25-3)12-15(14)20(23)18-5-4-10-26-18/h4-5,7,9-12,20H,6,8,13H2,1-3H3. The first-order chi connectivity index (χ1) is 12.7. The number of thiophene rings is 1. The zero-order chi connectivity index (χ0) is 18.1. The molecule has 26 heavy (non-hydrogen) atoms. The van der Waals surface area contributed by atoms with Gasteiger partial charge in [0.15, 0.2) is 11.5 Å². The molecule has 1 aromatic carbocycles. The summed E-state index contributed by atoms with van der Waals surface area (Å²) in [5.74, 6) is 2.66. The molecular formula is C20H23N3O2S. The number of rotatable bonds is 5. The molecule has 3 aromatic rings. The highest BCUT2D eigenvalue weighted by molar-refractivity contribution is 7.10. The Hall–Kier alpha value is -2.31. The number of ether oxygens (including phenoxy) is 2. The summed E-state index contributed by atoms with van der Waals surface area (Å²) in [5.41, 5.74) is 2.63. The predicted octanol–water partition coefficient (Wildman–Crippen LogP) is 3.65. The van der Waals surface area contributed by atoms with Crippen molar-refractivity contribution in [2.45, 2.75) is 19.0 Å². The van der Waals surface area contributed by atoms with Gasteiger partial charge in [-0.25, -0.2) is 4.98 Å². The second-order valence-electron chi connectivity index (χ2n) is 6.50. The molecule has 0 saturated heterocycles. The van der Waals surface area contributed by atoms with E-state index in [4.69, 9.17) is 9.47 Å². The van der Waals surface area contributed by atoms with E-state index in [0.717, 1.165) is 36.8 Å². The van der Waals surface area contributed by atoms with Gasteiger partial charge < -0.3 is 14.0 Å². The lowest BCUT2D eigenvalue weighted by Gasteiger charge is -2.37. The fourth-order valence-corrected chi connectivity index (χ4v) is 4.55.